The Morgan fingerprint density at radius 1 is 1.14 bits per heavy atom. The summed E-state index contributed by atoms with van der Waals surface area (Å²) in [5.74, 6) is -2.77. The quantitative estimate of drug-likeness (QED) is 0.484. The number of hydrogen-bond donors (Lipinski definition) is 1. The topological polar surface area (TPSA) is 137 Å². The zero-order valence-electron chi connectivity index (χ0n) is 11.2. The summed E-state index contributed by atoms with van der Waals surface area (Å²) in [6.45, 7) is 3.01. The van der Waals surface area contributed by atoms with Gasteiger partial charge in [-0.25, -0.2) is 4.79 Å². The smallest absolute Gasteiger partial charge is 0.330 e. The van der Waals surface area contributed by atoms with Gasteiger partial charge in [0.1, 0.15) is 25.6 Å². The minimum atomic E-state index is -1.18. The maximum absolute atomic E-state index is 11.2. The Bertz CT molecular complexity index is 500. The van der Waals surface area contributed by atoms with Crippen LogP contribution in [-0.2, 0) is 23.9 Å². The van der Waals surface area contributed by atoms with Crippen molar-refractivity contribution in [2.24, 2.45) is 0 Å². The summed E-state index contributed by atoms with van der Waals surface area (Å²) in [6, 6.07) is 3.20. The Morgan fingerprint density at radius 2 is 1.71 bits per heavy atom. The minimum Gasteiger partial charge on any atom is -0.478 e. The maximum Gasteiger partial charge on any atom is 0.330 e. The first-order chi connectivity index (χ1) is 9.90. The fourth-order valence-electron chi connectivity index (χ4n) is 1.21. The molecule has 1 N–H and O–H groups in total. The van der Waals surface area contributed by atoms with Crippen LogP contribution in [0.2, 0.25) is 0 Å². The van der Waals surface area contributed by atoms with Crippen LogP contribution >= 0.6 is 0 Å². The molecule has 8 heteroatoms. The first kappa shape index (κ1) is 18.1. The standard InChI is InChI=1S/C13H14N2O6/c1-9(13(18)19)2-3-10(21-12(17)5-7-15)8-20-11(16)4-6-14/h10H,1-5,8H2,(H,18,19). The van der Waals surface area contributed by atoms with Crippen LogP contribution in [0.4, 0.5) is 0 Å². The van der Waals surface area contributed by atoms with Gasteiger partial charge in [0, 0.05) is 5.57 Å². The van der Waals surface area contributed by atoms with Crippen LogP contribution < -0.4 is 0 Å². The normalized spacial score (nSPS) is 10.6. The number of carboxylic acids is 1. The predicted molar refractivity (Wildman–Crippen MR) is 67.3 cm³/mol. The summed E-state index contributed by atoms with van der Waals surface area (Å²) in [4.78, 5) is 32.9. The van der Waals surface area contributed by atoms with Crippen LogP contribution in [0.25, 0.3) is 0 Å². The minimum absolute atomic E-state index is 0.0234. The van der Waals surface area contributed by atoms with Gasteiger partial charge in [0.05, 0.1) is 12.1 Å². The van der Waals surface area contributed by atoms with Gasteiger partial charge in [-0.15, -0.1) is 0 Å². The highest BCUT2D eigenvalue weighted by Gasteiger charge is 2.18. The molecule has 0 saturated carbocycles. The highest BCUT2D eigenvalue weighted by molar-refractivity contribution is 5.85. The molecule has 8 nitrogen and oxygen atoms in total. The van der Waals surface area contributed by atoms with Crippen molar-refractivity contribution in [3.63, 3.8) is 0 Å². The third-order valence-electron chi connectivity index (χ3n) is 2.25. The molecule has 0 aromatic heterocycles. The molecule has 0 aromatic rings. The van der Waals surface area contributed by atoms with Crippen LogP contribution in [0.15, 0.2) is 12.2 Å². The average Bonchev–Trinajstić information content (AvgIpc) is 2.41. The van der Waals surface area contributed by atoms with Gasteiger partial charge < -0.3 is 14.6 Å². The van der Waals surface area contributed by atoms with Crippen LogP contribution in [-0.4, -0.2) is 35.7 Å². The highest BCUT2D eigenvalue weighted by atomic mass is 16.6. The Hall–Kier alpha value is -2.87. The number of hydrogen-bond acceptors (Lipinski definition) is 7. The molecule has 0 spiro atoms. The molecular weight excluding hydrogens is 280 g/mol. The number of rotatable bonds is 9. The molecule has 0 heterocycles. The van der Waals surface area contributed by atoms with Crippen LogP contribution in [0.3, 0.4) is 0 Å². The van der Waals surface area contributed by atoms with Crippen LogP contribution in [0, 0.1) is 22.7 Å². The van der Waals surface area contributed by atoms with Crippen molar-refractivity contribution in [3.05, 3.63) is 12.2 Å². The lowest BCUT2D eigenvalue weighted by Crippen LogP contribution is -2.25. The molecule has 0 aliphatic heterocycles. The van der Waals surface area contributed by atoms with Gasteiger partial charge in [-0.3, -0.25) is 9.59 Å². The van der Waals surface area contributed by atoms with E-state index in [4.69, 9.17) is 25.1 Å². The number of esters is 2. The van der Waals surface area contributed by atoms with E-state index in [0.29, 0.717) is 0 Å². The van der Waals surface area contributed by atoms with E-state index in [2.05, 4.69) is 6.58 Å². The molecule has 1 unspecified atom stereocenters. The van der Waals surface area contributed by atoms with Crippen molar-refractivity contribution >= 4 is 17.9 Å². The van der Waals surface area contributed by atoms with Gasteiger partial charge in [-0.2, -0.15) is 10.5 Å². The van der Waals surface area contributed by atoms with Crippen LogP contribution in [0.5, 0.6) is 0 Å². The van der Waals surface area contributed by atoms with E-state index in [1.165, 1.54) is 0 Å². The fourth-order valence-corrected chi connectivity index (χ4v) is 1.21. The second-order valence-electron chi connectivity index (χ2n) is 3.91. The zero-order chi connectivity index (χ0) is 16.3. The molecule has 0 amide bonds. The van der Waals surface area contributed by atoms with E-state index in [0.717, 1.165) is 0 Å². The van der Waals surface area contributed by atoms with E-state index in [1.54, 1.807) is 12.1 Å². The summed E-state index contributed by atoms with van der Waals surface area (Å²) >= 11 is 0. The monoisotopic (exact) mass is 294 g/mol. The SMILES string of the molecule is C=C(CCC(COC(=O)CC#N)OC(=O)CC#N)C(=O)O. The number of ether oxygens (including phenoxy) is 2. The van der Waals surface area contributed by atoms with E-state index < -0.39 is 36.9 Å². The van der Waals surface area contributed by atoms with Crippen molar-refractivity contribution in [1.29, 1.82) is 10.5 Å². The van der Waals surface area contributed by atoms with Gasteiger partial charge in [0.15, 0.2) is 0 Å². The lowest BCUT2D eigenvalue weighted by Gasteiger charge is -2.17. The summed E-state index contributed by atoms with van der Waals surface area (Å²) in [5.41, 5.74) is -0.0836. The van der Waals surface area contributed by atoms with Gasteiger partial charge in [-0.05, 0) is 12.8 Å². The summed E-state index contributed by atoms with van der Waals surface area (Å²) in [6.07, 6.45) is -1.72. The lowest BCUT2D eigenvalue weighted by molar-refractivity contribution is -0.158. The van der Waals surface area contributed by atoms with E-state index in [-0.39, 0.29) is 25.0 Å². The molecule has 0 saturated heterocycles. The number of carbonyl (C=O) groups is 3. The van der Waals surface area contributed by atoms with Gasteiger partial charge >= 0.3 is 17.9 Å². The number of aliphatic carboxylic acids is 1. The first-order valence-electron chi connectivity index (χ1n) is 5.90. The van der Waals surface area contributed by atoms with E-state index in [1.807, 2.05) is 0 Å². The summed E-state index contributed by atoms with van der Waals surface area (Å²) < 4.78 is 9.61. The molecule has 0 rings (SSSR count). The van der Waals surface area contributed by atoms with Crippen LogP contribution in [0.1, 0.15) is 25.7 Å². The molecule has 0 aliphatic rings. The Morgan fingerprint density at radius 3 is 2.24 bits per heavy atom. The third kappa shape index (κ3) is 8.78. The Kier molecular flexibility index (Phi) is 8.62. The van der Waals surface area contributed by atoms with Crippen molar-refractivity contribution in [3.8, 4) is 12.1 Å². The molecule has 112 valence electrons. The van der Waals surface area contributed by atoms with Gasteiger partial charge in [-0.1, -0.05) is 6.58 Å². The second kappa shape index (κ2) is 9.98. The van der Waals surface area contributed by atoms with Gasteiger partial charge in [0.25, 0.3) is 0 Å². The summed E-state index contributed by atoms with van der Waals surface area (Å²) in [5, 5.41) is 25.3. The van der Waals surface area contributed by atoms with Crippen molar-refractivity contribution in [2.45, 2.75) is 31.8 Å². The molecule has 0 fully saturated rings. The molecule has 21 heavy (non-hydrogen) atoms. The second-order valence-corrected chi connectivity index (χ2v) is 3.91. The Labute approximate surface area is 121 Å². The number of carboxylic acid groups (broad SMARTS) is 1. The van der Waals surface area contributed by atoms with E-state index >= 15 is 0 Å². The molecular formula is C13H14N2O6. The van der Waals surface area contributed by atoms with Gasteiger partial charge in [0.2, 0.25) is 0 Å². The number of nitriles is 2. The first-order valence-corrected chi connectivity index (χ1v) is 5.90. The predicted octanol–water partition coefficient (Wildman–Crippen LogP) is 0.690. The van der Waals surface area contributed by atoms with Crippen molar-refractivity contribution in [1.82, 2.24) is 0 Å². The number of nitrogens with zero attached hydrogens (tertiary/aromatic N) is 2. The fraction of sp³-hybridized carbons (Fsp3) is 0.462. The van der Waals surface area contributed by atoms with E-state index in [9.17, 15) is 14.4 Å². The average molecular weight is 294 g/mol. The molecule has 0 radical (unpaired) electrons. The highest BCUT2D eigenvalue weighted by Crippen LogP contribution is 2.11. The van der Waals surface area contributed by atoms with Crippen molar-refractivity contribution < 1.29 is 29.0 Å². The Balaban J connectivity index is 4.47. The molecule has 0 bridgehead atoms. The molecule has 0 aliphatic carbocycles. The third-order valence-corrected chi connectivity index (χ3v) is 2.25. The molecule has 1 atom stereocenters. The zero-order valence-corrected chi connectivity index (χ0v) is 11.2. The maximum atomic E-state index is 11.2. The largest absolute Gasteiger partial charge is 0.478 e. The summed E-state index contributed by atoms with van der Waals surface area (Å²) in [7, 11) is 0. The molecule has 0 aromatic carbocycles. The number of carbonyl (C=O) groups excluding carboxylic acids is 2. The van der Waals surface area contributed by atoms with Crippen molar-refractivity contribution in [2.75, 3.05) is 6.61 Å². The lowest BCUT2D eigenvalue weighted by atomic mass is 10.1.